The first-order valence-corrected chi connectivity index (χ1v) is 13.1. The molecule has 0 bridgehead atoms. The van der Waals surface area contributed by atoms with Gasteiger partial charge in [-0.25, -0.2) is 4.98 Å². The third-order valence-electron chi connectivity index (χ3n) is 7.16. The molecule has 1 amide bonds. The molecule has 0 unspecified atom stereocenters. The molecule has 10 nitrogen and oxygen atoms in total. The first-order chi connectivity index (χ1) is 17.9. The van der Waals surface area contributed by atoms with Crippen LogP contribution in [0.3, 0.4) is 0 Å². The topological polar surface area (TPSA) is 128 Å². The van der Waals surface area contributed by atoms with Crippen molar-refractivity contribution in [3.05, 3.63) is 41.9 Å². The number of benzene rings is 1. The van der Waals surface area contributed by atoms with Crippen molar-refractivity contribution in [2.75, 3.05) is 31.2 Å². The fourth-order valence-electron chi connectivity index (χ4n) is 5.09. The second-order valence-electron chi connectivity index (χ2n) is 10.1. The summed E-state index contributed by atoms with van der Waals surface area (Å²) < 4.78 is 7.12. The lowest BCUT2D eigenvalue weighted by Gasteiger charge is -2.27. The summed E-state index contributed by atoms with van der Waals surface area (Å²) in [5.74, 6) is 1.27. The third kappa shape index (κ3) is 5.24. The van der Waals surface area contributed by atoms with Gasteiger partial charge in [-0.3, -0.25) is 9.36 Å². The number of rotatable bonds is 6. The maximum atomic E-state index is 13.4. The molecule has 10 heteroatoms. The molecule has 5 rings (SSSR count). The highest BCUT2D eigenvalue weighted by atomic mass is 16.5. The monoisotopic (exact) mass is 507 g/mol. The smallest absolute Gasteiger partial charge is 0.289 e. The summed E-state index contributed by atoms with van der Waals surface area (Å²) in [7, 11) is 0. The maximum absolute atomic E-state index is 13.4. The Kier molecular flexibility index (Phi) is 7.27. The van der Waals surface area contributed by atoms with Crippen LogP contribution in [0.25, 0.3) is 17.1 Å². The van der Waals surface area contributed by atoms with Crippen molar-refractivity contribution in [1.82, 2.24) is 25.1 Å². The molecule has 1 aliphatic carbocycles. The first kappa shape index (κ1) is 25.0. The minimum absolute atomic E-state index is 0.0410. The van der Waals surface area contributed by atoms with Gasteiger partial charge in [-0.1, -0.05) is 33.1 Å². The molecule has 2 aromatic heterocycles. The van der Waals surface area contributed by atoms with Gasteiger partial charge in [0.2, 0.25) is 5.82 Å². The molecular weight excluding hydrogens is 472 g/mol. The van der Waals surface area contributed by atoms with Gasteiger partial charge in [0.05, 0.1) is 31.2 Å². The van der Waals surface area contributed by atoms with Gasteiger partial charge in [0.25, 0.3) is 11.7 Å². The summed E-state index contributed by atoms with van der Waals surface area (Å²) in [5, 5.41) is 30.8. The highest BCUT2D eigenvalue weighted by molar-refractivity contribution is 5.92. The van der Waals surface area contributed by atoms with Crippen LogP contribution in [-0.4, -0.2) is 68.2 Å². The second-order valence-corrected chi connectivity index (χ2v) is 10.1. The lowest BCUT2D eigenvalue weighted by molar-refractivity contribution is 0.0915. The second kappa shape index (κ2) is 10.8. The van der Waals surface area contributed by atoms with Crippen LogP contribution in [0, 0.1) is 0 Å². The van der Waals surface area contributed by atoms with Gasteiger partial charge in [-0.05, 0) is 42.5 Å². The van der Waals surface area contributed by atoms with E-state index in [0.29, 0.717) is 35.9 Å². The zero-order valence-electron chi connectivity index (χ0n) is 21.4. The number of anilines is 1. The van der Waals surface area contributed by atoms with E-state index >= 15 is 0 Å². The molecule has 0 spiro atoms. The number of ether oxygens (including phenoxy) is 1. The third-order valence-corrected chi connectivity index (χ3v) is 7.16. The Balaban J connectivity index is 1.56. The van der Waals surface area contributed by atoms with E-state index in [1.807, 2.05) is 26.0 Å². The lowest BCUT2D eigenvalue weighted by atomic mass is 9.95. The first-order valence-electron chi connectivity index (χ1n) is 13.1. The Morgan fingerprint density at radius 2 is 1.89 bits per heavy atom. The lowest BCUT2D eigenvalue weighted by Crippen LogP contribution is -2.37. The van der Waals surface area contributed by atoms with Gasteiger partial charge >= 0.3 is 0 Å². The number of hydrogen-bond donors (Lipinski definition) is 2. The number of nitrogens with one attached hydrogen (secondary N) is 1. The highest BCUT2D eigenvalue weighted by Gasteiger charge is 2.28. The Morgan fingerprint density at radius 1 is 1.14 bits per heavy atom. The molecular formula is C27H35N6O4+. The minimum Gasteiger partial charge on any atom is -0.593 e. The zero-order chi connectivity index (χ0) is 25.9. The van der Waals surface area contributed by atoms with E-state index in [-0.39, 0.29) is 35.2 Å². The zero-order valence-corrected chi connectivity index (χ0v) is 21.4. The number of hydrogen-bond acceptors (Lipinski definition) is 7. The Hall–Kier alpha value is -3.66. The summed E-state index contributed by atoms with van der Waals surface area (Å²) in [6.45, 7) is 6.82. The average molecular weight is 508 g/mol. The van der Waals surface area contributed by atoms with Gasteiger partial charge in [0.1, 0.15) is 17.1 Å². The molecule has 3 aromatic rings. The Labute approximate surface area is 216 Å². The van der Waals surface area contributed by atoms with E-state index < -0.39 is 0 Å². The number of nitrogens with zero attached hydrogens (tertiary/aromatic N) is 5. The van der Waals surface area contributed by atoms with Crippen molar-refractivity contribution in [3.8, 4) is 28.6 Å². The summed E-state index contributed by atoms with van der Waals surface area (Å²) in [6.07, 6.45) is 7.01. The molecule has 2 fully saturated rings. The molecule has 196 valence electrons. The summed E-state index contributed by atoms with van der Waals surface area (Å²) in [4.78, 5) is 20.2. The number of phenols is 1. The van der Waals surface area contributed by atoms with E-state index in [0.717, 1.165) is 44.6 Å². The van der Waals surface area contributed by atoms with Crippen LogP contribution in [-0.2, 0) is 4.74 Å². The Morgan fingerprint density at radius 3 is 2.57 bits per heavy atom. The van der Waals surface area contributed by atoms with E-state index in [1.165, 1.54) is 12.5 Å². The SMILES string of the molecule is CC(C)c1cc(-c2nnc(C(=O)NC3CCCCC3)n2-c2ccc(N3CCOCC3)nc2)c([OH2+])cc1O. The van der Waals surface area contributed by atoms with E-state index in [2.05, 4.69) is 25.4 Å². The van der Waals surface area contributed by atoms with E-state index in [9.17, 15) is 9.90 Å². The molecule has 1 saturated heterocycles. The number of aromatic hydroxyl groups is 1. The molecule has 0 radical (unpaired) electrons. The fourth-order valence-corrected chi connectivity index (χ4v) is 5.09. The average Bonchev–Trinajstić information content (AvgIpc) is 3.35. The number of morpholine rings is 1. The van der Waals surface area contributed by atoms with Gasteiger partial charge < -0.3 is 25.2 Å². The number of phenolic OH excluding ortho intramolecular Hbond substituents is 1. The number of carbonyl (C=O) groups is 1. The Bertz CT molecular complexity index is 1240. The van der Waals surface area contributed by atoms with Crippen LogP contribution >= 0.6 is 0 Å². The molecule has 0 atom stereocenters. The molecule has 2 aliphatic rings. The van der Waals surface area contributed by atoms with Crippen molar-refractivity contribution in [3.63, 3.8) is 0 Å². The van der Waals surface area contributed by atoms with Crippen LogP contribution < -0.4 is 10.2 Å². The summed E-state index contributed by atoms with van der Waals surface area (Å²) in [5.41, 5.74) is 1.82. The van der Waals surface area contributed by atoms with Gasteiger partial charge in [-0.15, -0.1) is 10.2 Å². The normalized spacial score (nSPS) is 16.8. The number of aromatic nitrogens is 4. The molecule has 1 aromatic carbocycles. The van der Waals surface area contributed by atoms with Crippen LogP contribution in [0.5, 0.6) is 11.5 Å². The van der Waals surface area contributed by atoms with E-state index in [1.54, 1.807) is 16.8 Å². The fraction of sp³-hybridized carbons (Fsp3) is 0.481. The summed E-state index contributed by atoms with van der Waals surface area (Å²) >= 11 is 0. The molecule has 37 heavy (non-hydrogen) atoms. The largest absolute Gasteiger partial charge is 0.593 e. The van der Waals surface area contributed by atoms with Crippen molar-refractivity contribution >= 4 is 11.7 Å². The minimum atomic E-state index is -0.294. The molecule has 1 saturated carbocycles. The standard InChI is InChI=1S/C27H34N6O4/c1-17(2)20-14-21(23(35)15-22(20)34)25-30-31-26(27(36)29-18-6-4-3-5-7-18)33(25)19-8-9-24(28-16-19)32-10-12-37-13-11-32/h8-9,14-18,34-35H,3-7,10-13H2,1-2H3,(H,29,36)/p+1. The van der Waals surface area contributed by atoms with Crippen LogP contribution in [0.15, 0.2) is 30.5 Å². The van der Waals surface area contributed by atoms with Crippen molar-refractivity contribution < 1.29 is 19.7 Å². The van der Waals surface area contributed by atoms with Gasteiger partial charge in [0.15, 0.2) is 5.82 Å². The van der Waals surface area contributed by atoms with Crippen LogP contribution in [0.4, 0.5) is 5.82 Å². The predicted molar refractivity (Wildman–Crippen MR) is 141 cm³/mol. The number of amides is 1. The molecule has 4 N–H and O–H groups in total. The van der Waals surface area contributed by atoms with Crippen LogP contribution in [0.1, 0.15) is 68.1 Å². The maximum Gasteiger partial charge on any atom is 0.289 e. The quantitative estimate of drug-likeness (QED) is 0.489. The molecule has 1 aliphatic heterocycles. The van der Waals surface area contributed by atoms with Crippen molar-refractivity contribution in [1.29, 1.82) is 0 Å². The summed E-state index contributed by atoms with van der Waals surface area (Å²) in [6, 6.07) is 7.12. The van der Waals surface area contributed by atoms with Crippen molar-refractivity contribution in [2.24, 2.45) is 0 Å². The van der Waals surface area contributed by atoms with Crippen molar-refractivity contribution in [2.45, 2.75) is 57.9 Å². The van der Waals surface area contributed by atoms with Gasteiger partial charge in [0, 0.05) is 19.1 Å². The van der Waals surface area contributed by atoms with Crippen LogP contribution in [0.2, 0.25) is 0 Å². The van der Waals surface area contributed by atoms with Gasteiger partial charge in [-0.2, -0.15) is 0 Å². The predicted octanol–water partition coefficient (Wildman–Crippen LogP) is 3.50. The number of carbonyl (C=O) groups excluding carboxylic acids is 1. The highest BCUT2D eigenvalue weighted by Crippen LogP contribution is 2.38. The molecule has 3 heterocycles. The number of pyridine rings is 1. The van der Waals surface area contributed by atoms with E-state index in [4.69, 9.17) is 9.84 Å².